The molecule has 3 nitrogen and oxygen atoms in total. The number of fused-ring (bicyclic) bond motifs is 1. The second-order valence-corrected chi connectivity index (χ2v) is 5.93. The quantitative estimate of drug-likeness (QED) is 0.705. The summed E-state index contributed by atoms with van der Waals surface area (Å²) in [5, 5.41) is 0. The predicted molar refractivity (Wildman–Crippen MR) is 79.3 cm³/mol. The molecule has 4 heteroatoms. The van der Waals surface area contributed by atoms with Crippen LogP contribution in [0, 0.1) is 20.8 Å². The number of hydrogen-bond acceptors (Lipinski definition) is 3. The lowest BCUT2D eigenvalue weighted by atomic mass is 10.0. The monoisotopic (exact) mass is 272 g/mol. The van der Waals surface area contributed by atoms with E-state index in [1.165, 1.54) is 16.1 Å². The van der Waals surface area contributed by atoms with Gasteiger partial charge in [0.05, 0.1) is 12.8 Å². The second kappa shape index (κ2) is 4.38. The van der Waals surface area contributed by atoms with E-state index < -0.39 is 0 Å². The minimum atomic E-state index is 0.946. The van der Waals surface area contributed by atoms with E-state index in [0.29, 0.717) is 0 Å². The van der Waals surface area contributed by atoms with E-state index in [1.807, 2.05) is 12.4 Å². The molecular weight excluding hydrogens is 256 g/mol. The van der Waals surface area contributed by atoms with E-state index in [-0.39, 0.29) is 0 Å². The molecule has 0 aliphatic rings. The lowest BCUT2D eigenvalue weighted by Crippen LogP contribution is -1.95. The van der Waals surface area contributed by atoms with Crippen LogP contribution in [0.2, 0.25) is 0 Å². The Balaban J connectivity index is 2.37. The van der Waals surface area contributed by atoms with Gasteiger partial charge < -0.3 is 4.74 Å². The van der Waals surface area contributed by atoms with Gasteiger partial charge in [0.25, 0.3) is 0 Å². The number of rotatable bonds is 2. The zero-order valence-corrected chi connectivity index (χ0v) is 12.3. The van der Waals surface area contributed by atoms with Gasteiger partial charge in [-0.1, -0.05) is 6.07 Å². The van der Waals surface area contributed by atoms with Crippen LogP contribution in [0.3, 0.4) is 0 Å². The molecule has 0 N–H and O–H groups in total. The average molecular weight is 272 g/mol. The molecule has 0 atom stereocenters. The van der Waals surface area contributed by atoms with Crippen LogP contribution in [-0.4, -0.2) is 16.5 Å². The molecule has 19 heavy (non-hydrogen) atoms. The molecule has 0 fully saturated rings. The van der Waals surface area contributed by atoms with Crippen LogP contribution < -0.4 is 4.74 Å². The summed E-state index contributed by atoms with van der Waals surface area (Å²) < 4.78 is 7.74. The molecule has 1 aromatic carbocycles. The smallest absolute Gasteiger partial charge is 0.194 e. The number of methoxy groups -OCH3 is 1. The number of nitrogens with zero attached hydrogens (tertiary/aromatic N) is 2. The van der Waals surface area contributed by atoms with E-state index in [2.05, 4.69) is 42.3 Å². The van der Waals surface area contributed by atoms with Crippen molar-refractivity contribution in [3.05, 3.63) is 40.5 Å². The summed E-state index contributed by atoms with van der Waals surface area (Å²) in [7, 11) is 1.73. The standard InChI is InChI=1S/C15H16N2OS/c1-9-7-10(2)14(18-4)12(8-9)13-11(3)19-15-16-5-6-17(13)15/h5-8H,1-4H3. The minimum Gasteiger partial charge on any atom is -0.496 e. The maximum absolute atomic E-state index is 5.61. The minimum absolute atomic E-state index is 0.946. The van der Waals surface area contributed by atoms with E-state index in [1.54, 1.807) is 18.4 Å². The first-order valence-electron chi connectivity index (χ1n) is 6.20. The third kappa shape index (κ3) is 1.83. The predicted octanol–water partition coefficient (Wildman–Crippen LogP) is 4.00. The van der Waals surface area contributed by atoms with Gasteiger partial charge in [-0.25, -0.2) is 4.98 Å². The highest BCUT2D eigenvalue weighted by atomic mass is 32.1. The van der Waals surface area contributed by atoms with Gasteiger partial charge in [0.2, 0.25) is 0 Å². The van der Waals surface area contributed by atoms with Gasteiger partial charge in [-0.2, -0.15) is 0 Å². The van der Waals surface area contributed by atoms with Crippen molar-refractivity contribution < 1.29 is 4.74 Å². The van der Waals surface area contributed by atoms with Crippen LogP contribution in [0.1, 0.15) is 16.0 Å². The lowest BCUT2D eigenvalue weighted by molar-refractivity contribution is 0.413. The Labute approximate surface area is 116 Å². The number of hydrogen-bond donors (Lipinski definition) is 0. The summed E-state index contributed by atoms with van der Waals surface area (Å²) in [6, 6.07) is 4.33. The third-order valence-corrected chi connectivity index (χ3v) is 4.29. The number of ether oxygens (including phenoxy) is 1. The number of imidazole rings is 1. The van der Waals surface area contributed by atoms with Crippen LogP contribution >= 0.6 is 11.3 Å². The first-order valence-corrected chi connectivity index (χ1v) is 7.01. The van der Waals surface area contributed by atoms with Crippen molar-refractivity contribution in [3.63, 3.8) is 0 Å². The van der Waals surface area contributed by atoms with Crippen LogP contribution in [0.25, 0.3) is 16.2 Å². The normalized spacial score (nSPS) is 11.2. The van der Waals surface area contributed by atoms with Crippen molar-refractivity contribution >= 4 is 16.3 Å². The van der Waals surface area contributed by atoms with Crippen molar-refractivity contribution in [2.24, 2.45) is 0 Å². The SMILES string of the molecule is COc1c(C)cc(C)cc1-c1c(C)sc2nccn12. The maximum Gasteiger partial charge on any atom is 0.194 e. The first-order chi connectivity index (χ1) is 9.11. The zero-order valence-electron chi connectivity index (χ0n) is 11.5. The summed E-state index contributed by atoms with van der Waals surface area (Å²) in [5.74, 6) is 0.946. The average Bonchev–Trinajstić information content (AvgIpc) is 2.87. The van der Waals surface area contributed by atoms with E-state index in [9.17, 15) is 0 Å². The van der Waals surface area contributed by atoms with Crippen LogP contribution in [0.15, 0.2) is 24.5 Å². The Bertz CT molecular complexity index is 755. The molecule has 0 aliphatic heterocycles. The first kappa shape index (κ1) is 12.2. The summed E-state index contributed by atoms with van der Waals surface area (Å²) in [5.41, 5.74) is 4.73. The molecule has 0 unspecified atom stereocenters. The van der Waals surface area contributed by atoms with Crippen LogP contribution in [0.4, 0.5) is 0 Å². The Kier molecular flexibility index (Phi) is 2.82. The molecule has 3 rings (SSSR count). The summed E-state index contributed by atoms with van der Waals surface area (Å²) in [6.07, 6.45) is 3.84. The molecule has 0 amide bonds. The van der Waals surface area contributed by atoms with Crippen LogP contribution in [-0.2, 0) is 0 Å². The third-order valence-electron chi connectivity index (χ3n) is 3.30. The van der Waals surface area contributed by atoms with Gasteiger partial charge in [-0.15, -0.1) is 11.3 Å². The van der Waals surface area contributed by atoms with Crippen molar-refractivity contribution in [2.45, 2.75) is 20.8 Å². The molecule has 0 saturated carbocycles. The van der Waals surface area contributed by atoms with Gasteiger partial charge >= 0.3 is 0 Å². The molecule has 3 aromatic rings. The number of thiazole rings is 1. The Hall–Kier alpha value is -1.81. The van der Waals surface area contributed by atoms with Crippen LogP contribution in [0.5, 0.6) is 5.75 Å². The Morgan fingerprint density at radius 2 is 2.00 bits per heavy atom. The fourth-order valence-corrected chi connectivity index (χ4v) is 3.55. The summed E-state index contributed by atoms with van der Waals surface area (Å²) in [4.78, 5) is 6.64. The Morgan fingerprint density at radius 3 is 2.74 bits per heavy atom. The highest BCUT2D eigenvalue weighted by molar-refractivity contribution is 7.17. The molecule has 98 valence electrons. The summed E-state index contributed by atoms with van der Waals surface area (Å²) in [6.45, 7) is 6.33. The van der Waals surface area contributed by atoms with Crippen molar-refractivity contribution in [1.29, 1.82) is 0 Å². The molecule has 0 bridgehead atoms. The van der Waals surface area contributed by atoms with E-state index in [0.717, 1.165) is 21.8 Å². The lowest BCUT2D eigenvalue weighted by Gasteiger charge is -2.13. The van der Waals surface area contributed by atoms with Gasteiger partial charge in [0.15, 0.2) is 4.96 Å². The van der Waals surface area contributed by atoms with E-state index >= 15 is 0 Å². The van der Waals surface area contributed by atoms with Crippen molar-refractivity contribution in [3.8, 4) is 17.0 Å². The molecule has 0 aliphatic carbocycles. The molecule has 0 saturated heterocycles. The highest BCUT2D eigenvalue weighted by Crippen LogP contribution is 2.38. The largest absolute Gasteiger partial charge is 0.496 e. The van der Waals surface area contributed by atoms with Gasteiger partial charge in [0.1, 0.15) is 5.75 Å². The van der Waals surface area contributed by atoms with Crippen molar-refractivity contribution in [2.75, 3.05) is 7.11 Å². The summed E-state index contributed by atoms with van der Waals surface area (Å²) >= 11 is 1.71. The molecule has 2 aromatic heterocycles. The van der Waals surface area contributed by atoms with Crippen molar-refractivity contribution in [1.82, 2.24) is 9.38 Å². The fourth-order valence-electron chi connectivity index (χ4n) is 2.61. The molecular formula is C15H16N2OS. The molecule has 0 radical (unpaired) electrons. The molecule has 2 heterocycles. The Morgan fingerprint density at radius 1 is 1.21 bits per heavy atom. The zero-order chi connectivity index (χ0) is 13.6. The highest BCUT2D eigenvalue weighted by Gasteiger charge is 2.17. The number of aromatic nitrogens is 2. The number of aryl methyl sites for hydroxylation is 3. The van der Waals surface area contributed by atoms with Gasteiger partial charge in [-0.3, -0.25) is 4.40 Å². The maximum atomic E-state index is 5.61. The number of benzene rings is 1. The second-order valence-electron chi connectivity index (χ2n) is 4.75. The van der Waals surface area contributed by atoms with E-state index in [4.69, 9.17) is 4.74 Å². The fraction of sp³-hybridized carbons (Fsp3) is 0.267. The topological polar surface area (TPSA) is 26.5 Å². The molecule has 0 spiro atoms. The van der Waals surface area contributed by atoms with Gasteiger partial charge in [0, 0.05) is 22.8 Å². The van der Waals surface area contributed by atoms with Gasteiger partial charge in [-0.05, 0) is 38.0 Å².